The van der Waals surface area contributed by atoms with E-state index in [1.165, 1.54) is 19.3 Å². The Labute approximate surface area is 168 Å². The second kappa shape index (κ2) is 7.72. The van der Waals surface area contributed by atoms with Gasteiger partial charge in [0.1, 0.15) is 5.82 Å². The maximum absolute atomic E-state index is 14.9. The van der Waals surface area contributed by atoms with E-state index in [1.807, 2.05) is 36.4 Å². The van der Waals surface area contributed by atoms with E-state index < -0.39 is 0 Å². The average Bonchev–Trinajstić information content (AvgIpc) is 3.20. The number of rotatable bonds is 4. The summed E-state index contributed by atoms with van der Waals surface area (Å²) < 4.78 is 16.6. The Balaban J connectivity index is 1.48. The first-order valence-corrected chi connectivity index (χ1v) is 10.0. The second-order valence-corrected chi connectivity index (χ2v) is 7.51. The van der Waals surface area contributed by atoms with Gasteiger partial charge in [0.25, 0.3) is 0 Å². The number of aromatic nitrogens is 4. The van der Waals surface area contributed by atoms with Crippen LogP contribution in [0, 0.1) is 5.82 Å². The van der Waals surface area contributed by atoms with Crippen molar-refractivity contribution in [1.29, 1.82) is 0 Å². The molecular weight excluding hydrogens is 365 g/mol. The molecule has 5 rings (SSSR count). The van der Waals surface area contributed by atoms with Crippen LogP contribution in [0.3, 0.4) is 0 Å². The molecule has 1 aliphatic rings. The van der Waals surface area contributed by atoms with Gasteiger partial charge < -0.3 is 0 Å². The fourth-order valence-electron chi connectivity index (χ4n) is 3.94. The van der Waals surface area contributed by atoms with E-state index in [0.29, 0.717) is 6.54 Å². The van der Waals surface area contributed by atoms with Crippen LogP contribution in [0.1, 0.15) is 24.8 Å². The number of halogens is 1. The quantitative estimate of drug-likeness (QED) is 0.514. The maximum Gasteiger partial charge on any atom is 0.154 e. The summed E-state index contributed by atoms with van der Waals surface area (Å²) in [6.07, 6.45) is 8.91. The van der Waals surface area contributed by atoms with Crippen molar-refractivity contribution in [3.63, 3.8) is 0 Å². The molecule has 0 spiro atoms. The average molecular weight is 387 g/mol. The van der Waals surface area contributed by atoms with Crippen molar-refractivity contribution in [2.24, 2.45) is 0 Å². The van der Waals surface area contributed by atoms with Crippen molar-refractivity contribution in [2.75, 3.05) is 13.1 Å². The van der Waals surface area contributed by atoms with E-state index in [-0.39, 0.29) is 5.82 Å². The molecule has 1 fully saturated rings. The largest absolute Gasteiger partial charge is 0.299 e. The fraction of sp³-hybridized carbons (Fsp3) is 0.261. The van der Waals surface area contributed by atoms with E-state index in [2.05, 4.69) is 14.9 Å². The molecule has 0 bridgehead atoms. The summed E-state index contributed by atoms with van der Waals surface area (Å²) in [5, 5.41) is 4.72. The normalized spacial score (nSPS) is 15.1. The van der Waals surface area contributed by atoms with Gasteiger partial charge in [0, 0.05) is 35.6 Å². The summed E-state index contributed by atoms with van der Waals surface area (Å²) in [5.74, 6) is -0.173. The van der Waals surface area contributed by atoms with Gasteiger partial charge in [-0.1, -0.05) is 18.6 Å². The Bertz CT molecular complexity index is 1130. The lowest BCUT2D eigenvalue weighted by atomic mass is 10.1. The van der Waals surface area contributed by atoms with Gasteiger partial charge in [-0.15, -0.1) is 0 Å². The molecule has 146 valence electrons. The molecule has 0 radical (unpaired) electrons. The summed E-state index contributed by atoms with van der Waals surface area (Å²) in [7, 11) is 0. The first-order valence-electron chi connectivity index (χ1n) is 10.0. The molecule has 0 atom stereocenters. The molecule has 6 heteroatoms. The molecule has 0 aliphatic carbocycles. The van der Waals surface area contributed by atoms with Crippen molar-refractivity contribution in [1.82, 2.24) is 24.5 Å². The Morgan fingerprint density at radius 2 is 1.72 bits per heavy atom. The van der Waals surface area contributed by atoms with E-state index in [1.54, 1.807) is 29.2 Å². The molecule has 0 saturated carbocycles. The molecule has 4 aromatic rings. The molecule has 0 amide bonds. The number of imidazole rings is 1. The van der Waals surface area contributed by atoms with Crippen molar-refractivity contribution >= 4 is 5.65 Å². The van der Waals surface area contributed by atoms with Crippen molar-refractivity contribution in [2.45, 2.75) is 25.8 Å². The van der Waals surface area contributed by atoms with Crippen LogP contribution in [-0.4, -0.2) is 37.6 Å². The molecule has 1 aliphatic heterocycles. The zero-order chi connectivity index (χ0) is 19.6. The highest BCUT2D eigenvalue weighted by Crippen LogP contribution is 2.25. The van der Waals surface area contributed by atoms with Gasteiger partial charge in [0.15, 0.2) is 5.65 Å². The smallest absolute Gasteiger partial charge is 0.154 e. The lowest BCUT2D eigenvalue weighted by Crippen LogP contribution is -2.29. The number of piperidine rings is 1. The molecule has 0 N–H and O–H groups in total. The molecule has 29 heavy (non-hydrogen) atoms. The minimum atomic E-state index is -0.173. The summed E-state index contributed by atoms with van der Waals surface area (Å²) in [6, 6.07) is 13.2. The van der Waals surface area contributed by atoms with E-state index in [0.717, 1.165) is 46.8 Å². The topological polar surface area (TPSA) is 46.3 Å². The van der Waals surface area contributed by atoms with E-state index in [9.17, 15) is 4.39 Å². The van der Waals surface area contributed by atoms with Gasteiger partial charge in [0.2, 0.25) is 0 Å². The molecule has 0 unspecified atom stereocenters. The van der Waals surface area contributed by atoms with Crippen LogP contribution < -0.4 is 0 Å². The first kappa shape index (κ1) is 17.9. The minimum Gasteiger partial charge on any atom is -0.299 e. The van der Waals surface area contributed by atoms with E-state index in [4.69, 9.17) is 5.10 Å². The number of hydrogen-bond acceptors (Lipinski definition) is 4. The predicted octanol–water partition coefficient (Wildman–Crippen LogP) is 4.58. The zero-order valence-electron chi connectivity index (χ0n) is 16.1. The Morgan fingerprint density at radius 3 is 2.52 bits per heavy atom. The highest BCUT2D eigenvalue weighted by atomic mass is 19.1. The highest BCUT2D eigenvalue weighted by molar-refractivity contribution is 5.66. The summed E-state index contributed by atoms with van der Waals surface area (Å²) in [4.78, 5) is 10.8. The Hall–Kier alpha value is -3.12. The fourth-order valence-corrected chi connectivity index (χ4v) is 3.94. The van der Waals surface area contributed by atoms with Crippen molar-refractivity contribution in [3.8, 4) is 22.5 Å². The molecule has 5 nitrogen and oxygen atoms in total. The molecule has 4 heterocycles. The molecular formula is C23H22FN5. The van der Waals surface area contributed by atoms with Crippen LogP contribution in [-0.2, 0) is 6.54 Å². The van der Waals surface area contributed by atoms with Crippen LogP contribution in [0.2, 0.25) is 0 Å². The third-order valence-electron chi connectivity index (χ3n) is 5.53. The van der Waals surface area contributed by atoms with Crippen LogP contribution in [0.5, 0.6) is 0 Å². The first-order chi connectivity index (χ1) is 14.3. The SMILES string of the molecule is Fc1cc(-c2cnc3ccc(-c4ccncc4)nn23)ccc1CN1CCCCC1. The van der Waals surface area contributed by atoms with Crippen LogP contribution in [0.25, 0.3) is 28.2 Å². The third-order valence-corrected chi connectivity index (χ3v) is 5.53. The maximum atomic E-state index is 14.9. The summed E-state index contributed by atoms with van der Waals surface area (Å²) in [6.45, 7) is 2.77. The molecule has 1 saturated heterocycles. The summed E-state index contributed by atoms with van der Waals surface area (Å²) in [5.41, 5.74) is 4.83. The number of hydrogen-bond donors (Lipinski definition) is 0. The number of pyridine rings is 1. The molecule has 1 aromatic carbocycles. The highest BCUT2D eigenvalue weighted by Gasteiger charge is 2.15. The van der Waals surface area contributed by atoms with Crippen LogP contribution in [0.4, 0.5) is 4.39 Å². The van der Waals surface area contributed by atoms with E-state index >= 15 is 0 Å². The van der Waals surface area contributed by atoms with Gasteiger partial charge in [-0.25, -0.2) is 13.9 Å². The molecule has 3 aromatic heterocycles. The van der Waals surface area contributed by atoms with Gasteiger partial charge >= 0.3 is 0 Å². The third kappa shape index (κ3) is 3.63. The second-order valence-electron chi connectivity index (χ2n) is 7.51. The number of nitrogens with zero attached hydrogens (tertiary/aromatic N) is 5. The lowest BCUT2D eigenvalue weighted by Gasteiger charge is -2.26. The van der Waals surface area contributed by atoms with Crippen LogP contribution in [0.15, 0.2) is 61.1 Å². The van der Waals surface area contributed by atoms with Crippen LogP contribution >= 0.6 is 0 Å². The van der Waals surface area contributed by atoms with Gasteiger partial charge in [-0.2, -0.15) is 5.10 Å². The van der Waals surface area contributed by atoms with Gasteiger partial charge in [0.05, 0.1) is 17.6 Å². The standard InChI is InChI=1S/C23H22FN5/c24-20-14-18(4-5-19(20)16-28-12-2-1-3-13-28)22-15-26-23-7-6-21(27-29(22)23)17-8-10-25-11-9-17/h4-11,14-15H,1-3,12-13,16H2. The van der Waals surface area contributed by atoms with Gasteiger partial charge in [-0.05, 0) is 56.3 Å². The number of benzene rings is 1. The Kier molecular flexibility index (Phi) is 4.77. The predicted molar refractivity (Wildman–Crippen MR) is 111 cm³/mol. The number of likely N-dealkylation sites (tertiary alicyclic amines) is 1. The van der Waals surface area contributed by atoms with Crippen molar-refractivity contribution in [3.05, 3.63) is 72.4 Å². The van der Waals surface area contributed by atoms with Gasteiger partial charge in [-0.3, -0.25) is 9.88 Å². The Morgan fingerprint density at radius 1 is 0.897 bits per heavy atom. The monoisotopic (exact) mass is 387 g/mol. The number of fused-ring (bicyclic) bond motifs is 1. The zero-order valence-corrected chi connectivity index (χ0v) is 16.1. The summed E-state index contributed by atoms with van der Waals surface area (Å²) >= 11 is 0. The van der Waals surface area contributed by atoms with Crippen molar-refractivity contribution < 1.29 is 4.39 Å². The lowest BCUT2D eigenvalue weighted by molar-refractivity contribution is 0.218. The minimum absolute atomic E-state index is 0.173.